The number of benzene rings is 1. The summed E-state index contributed by atoms with van der Waals surface area (Å²) in [4.78, 5) is 1.33. The Balaban J connectivity index is 2.31. The molecule has 2 nitrogen and oxygen atoms in total. The molecule has 2 N–H and O–H groups in total. The largest absolute Gasteiger partial charge is 0.396 e. The van der Waals surface area contributed by atoms with Gasteiger partial charge in [-0.15, -0.1) is 11.8 Å². The molecule has 0 aromatic heterocycles. The topological polar surface area (TPSA) is 32.3 Å². The van der Waals surface area contributed by atoms with Gasteiger partial charge in [0.25, 0.3) is 0 Å². The first kappa shape index (κ1) is 14.6. The molecule has 0 spiro atoms. The Morgan fingerprint density at radius 3 is 2.47 bits per heavy atom. The van der Waals surface area contributed by atoms with Gasteiger partial charge in [-0.1, -0.05) is 26.0 Å². The Labute approximate surface area is 109 Å². The maximum absolute atomic E-state index is 9.08. The number of thioether (sulfide) groups is 1. The lowest BCUT2D eigenvalue weighted by Gasteiger charge is -2.12. The first-order valence-corrected chi connectivity index (χ1v) is 7.32. The molecule has 1 rings (SSSR count). The lowest BCUT2D eigenvalue weighted by molar-refractivity contribution is 0.218. The van der Waals surface area contributed by atoms with Crippen LogP contribution in [0.2, 0.25) is 0 Å². The molecule has 0 aliphatic carbocycles. The molecule has 0 aliphatic heterocycles. The van der Waals surface area contributed by atoms with Crippen LogP contribution in [0.15, 0.2) is 29.2 Å². The smallest absolute Gasteiger partial charge is 0.0471 e. The zero-order valence-corrected chi connectivity index (χ0v) is 11.6. The lowest BCUT2D eigenvalue weighted by Crippen LogP contribution is -2.24. The van der Waals surface area contributed by atoms with E-state index in [0.29, 0.717) is 5.92 Å². The van der Waals surface area contributed by atoms with Gasteiger partial charge in [0.15, 0.2) is 0 Å². The SMILES string of the molecule is CCSc1ccc(CNCC(CC)CO)cc1. The van der Waals surface area contributed by atoms with Crippen LogP contribution in [-0.2, 0) is 6.54 Å². The van der Waals surface area contributed by atoms with Gasteiger partial charge in [0, 0.05) is 24.6 Å². The van der Waals surface area contributed by atoms with E-state index in [-0.39, 0.29) is 6.61 Å². The minimum atomic E-state index is 0.273. The molecular formula is C14H23NOS. The normalized spacial score (nSPS) is 12.6. The maximum Gasteiger partial charge on any atom is 0.0471 e. The maximum atomic E-state index is 9.08. The highest BCUT2D eigenvalue weighted by Crippen LogP contribution is 2.17. The van der Waals surface area contributed by atoms with Gasteiger partial charge in [0.2, 0.25) is 0 Å². The number of hydrogen-bond acceptors (Lipinski definition) is 3. The predicted octanol–water partition coefficient (Wildman–Crippen LogP) is 2.91. The van der Waals surface area contributed by atoms with Crippen molar-refractivity contribution in [1.82, 2.24) is 5.32 Å². The molecule has 0 heterocycles. The molecular weight excluding hydrogens is 230 g/mol. The van der Waals surface area contributed by atoms with E-state index in [9.17, 15) is 0 Å². The van der Waals surface area contributed by atoms with Crippen LogP contribution in [0.5, 0.6) is 0 Å². The molecule has 1 atom stereocenters. The highest BCUT2D eigenvalue weighted by Gasteiger charge is 2.03. The summed E-state index contributed by atoms with van der Waals surface area (Å²) in [5, 5.41) is 12.5. The third kappa shape index (κ3) is 5.57. The monoisotopic (exact) mass is 253 g/mol. The summed E-state index contributed by atoms with van der Waals surface area (Å²) in [5.74, 6) is 1.50. The Kier molecular flexibility index (Phi) is 7.33. The fraction of sp³-hybridized carbons (Fsp3) is 0.571. The van der Waals surface area contributed by atoms with Crippen LogP contribution in [0.25, 0.3) is 0 Å². The zero-order valence-electron chi connectivity index (χ0n) is 10.8. The van der Waals surface area contributed by atoms with Crippen molar-refractivity contribution in [3.8, 4) is 0 Å². The van der Waals surface area contributed by atoms with Gasteiger partial charge >= 0.3 is 0 Å². The molecule has 0 amide bonds. The first-order chi connectivity index (χ1) is 8.30. The average molecular weight is 253 g/mol. The number of nitrogens with one attached hydrogen (secondary N) is 1. The van der Waals surface area contributed by atoms with E-state index in [0.717, 1.165) is 25.3 Å². The van der Waals surface area contributed by atoms with Crippen molar-refractivity contribution in [2.24, 2.45) is 5.92 Å². The molecule has 1 unspecified atom stereocenters. The van der Waals surface area contributed by atoms with Gasteiger partial charge in [0.05, 0.1) is 0 Å². The van der Waals surface area contributed by atoms with Crippen molar-refractivity contribution in [2.75, 3.05) is 18.9 Å². The second kappa shape index (κ2) is 8.56. The number of aliphatic hydroxyl groups is 1. The predicted molar refractivity (Wildman–Crippen MR) is 75.4 cm³/mol. The van der Waals surface area contributed by atoms with Crippen molar-refractivity contribution in [3.63, 3.8) is 0 Å². The summed E-state index contributed by atoms with van der Waals surface area (Å²) in [6, 6.07) is 8.69. The highest BCUT2D eigenvalue weighted by molar-refractivity contribution is 7.99. The molecule has 0 bridgehead atoms. The van der Waals surface area contributed by atoms with Gasteiger partial charge in [-0.3, -0.25) is 0 Å². The number of aliphatic hydroxyl groups excluding tert-OH is 1. The van der Waals surface area contributed by atoms with E-state index in [1.54, 1.807) is 0 Å². The summed E-state index contributed by atoms with van der Waals surface area (Å²) in [6.07, 6.45) is 1.02. The Bertz CT molecular complexity index is 296. The fourth-order valence-corrected chi connectivity index (χ4v) is 2.29. The van der Waals surface area contributed by atoms with E-state index < -0.39 is 0 Å². The van der Waals surface area contributed by atoms with Crippen LogP contribution in [-0.4, -0.2) is 24.0 Å². The molecule has 0 fully saturated rings. The van der Waals surface area contributed by atoms with Crippen LogP contribution in [0.1, 0.15) is 25.8 Å². The standard InChI is InChI=1S/C14H23NOS/c1-3-12(11-16)9-15-10-13-5-7-14(8-6-13)17-4-2/h5-8,12,15-16H,3-4,9-11H2,1-2H3. The van der Waals surface area contributed by atoms with Crippen molar-refractivity contribution in [3.05, 3.63) is 29.8 Å². The van der Waals surface area contributed by atoms with Gasteiger partial charge in [-0.05, 0) is 35.8 Å². The Morgan fingerprint density at radius 2 is 1.94 bits per heavy atom. The van der Waals surface area contributed by atoms with E-state index in [2.05, 4.69) is 43.4 Å². The van der Waals surface area contributed by atoms with Crippen molar-refractivity contribution >= 4 is 11.8 Å². The van der Waals surface area contributed by atoms with E-state index >= 15 is 0 Å². The molecule has 1 aromatic rings. The minimum Gasteiger partial charge on any atom is -0.396 e. The van der Waals surface area contributed by atoms with Crippen molar-refractivity contribution < 1.29 is 5.11 Å². The summed E-state index contributed by atoms with van der Waals surface area (Å²) >= 11 is 1.87. The van der Waals surface area contributed by atoms with Crippen LogP contribution in [0.4, 0.5) is 0 Å². The molecule has 96 valence electrons. The van der Waals surface area contributed by atoms with Crippen molar-refractivity contribution in [2.45, 2.75) is 31.7 Å². The molecule has 1 aromatic carbocycles. The van der Waals surface area contributed by atoms with Gasteiger partial charge in [-0.2, -0.15) is 0 Å². The summed E-state index contributed by atoms with van der Waals surface area (Å²) in [6.45, 7) is 6.32. The fourth-order valence-electron chi connectivity index (χ4n) is 1.63. The molecule has 0 saturated carbocycles. The second-order valence-corrected chi connectivity index (χ2v) is 5.50. The molecule has 3 heteroatoms. The van der Waals surface area contributed by atoms with Gasteiger partial charge < -0.3 is 10.4 Å². The van der Waals surface area contributed by atoms with Crippen LogP contribution < -0.4 is 5.32 Å². The van der Waals surface area contributed by atoms with Gasteiger partial charge in [0.1, 0.15) is 0 Å². The molecule has 0 saturated heterocycles. The summed E-state index contributed by atoms with van der Waals surface area (Å²) in [5.41, 5.74) is 1.30. The summed E-state index contributed by atoms with van der Waals surface area (Å²) in [7, 11) is 0. The third-order valence-corrected chi connectivity index (χ3v) is 3.73. The van der Waals surface area contributed by atoms with Gasteiger partial charge in [-0.25, -0.2) is 0 Å². The zero-order chi connectivity index (χ0) is 12.5. The molecule has 0 radical (unpaired) electrons. The third-order valence-electron chi connectivity index (χ3n) is 2.83. The average Bonchev–Trinajstić information content (AvgIpc) is 2.37. The van der Waals surface area contributed by atoms with E-state index in [1.807, 2.05) is 11.8 Å². The van der Waals surface area contributed by atoms with Crippen molar-refractivity contribution in [1.29, 1.82) is 0 Å². The highest BCUT2D eigenvalue weighted by atomic mass is 32.2. The molecule has 0 aliphatic rings. The first-order valence-electron chi connectivity index (χ1n) is 6.33. The minimum absolute atomic E-state index is 0.273. The summed E-state index contributed by atoms with van der Waals surface area (Å²) < 4.78 is 0. The Hall–Kier alpha value is -0.510. The molecule has 17 heavy (non-hydrogen) atoms. The second-order valence-electron chi connectivity index (χ2n) is 4.16. The van der Waals surface area contributed by atoms with Crippen LogP contribution in [0.3, 0.4) is 0 Å². The Morgan fingerprint density at radius 1 is 1.24 bits per heavy atom. The van der Waals surface area contributed by atoms with Crippen LogP contribution >= 0.6 is 11.8 Å². The quantitative estimate of drug-likeness (QED) is 0.699. The van der Waals surface area contributed by atoms with Crippen LogP contribution in [0, 0.1) is 5.92 Å². The lowest BCUT2D eigenvalue weighted by atomic mass is 10.1. The number of rotatable bonds is 8. The van der Waals surface area contributed by atoms with E-state index in [1.165, 1.54) is 10.5 Å². The number of hydrogen-bond donors (Lipinski definition) is 2. The van der Waals surface area contributed by atoms with E-state index in [4.69, 9.17) is 5.11 Å².